The van der Waals surface area contributed by atoms with E-state index in [1.807, 2.05) is 41.5 Å². The maximum absolute atomic E-state index is 13.4. The molecule has 1 N–H and O–H groups in total. The molecule has 0 bridgehead atoms. The van der Waals surface area contributed by atoms with Crippen molar-refractivity contribution in [2.75, 3.05) is 25.0 Å². The maximum Gasteiger partial charge on any atom is 0.498 e. The first-order valence-electron chi connectivity index (χ1n) is 13.2. The number of carbonyl (C=O) groups excluding carboxylic acids is 2. The van der Waals surface area contributed by atoms with Crippen LogP contribution in [0.1, 0.15) is 75.2 Å². The Bertz CT molecular complexity index is 947. The summed E-state index contributed by atoms with van der Waals surface area (Å²) in [5.74, 6) is 0.385. The second kappa shape index (κ2) is 10.8. The zero-order valence-corrected chi connectivity index (χ0v) is 24.1. The molecule has 2 saturated heterocycles. The van der Waals surface area contributed by atoms with Gasteiger partial charge in [0.05, 0.1) is 11.2 Å². The van der Waals surface area contributed by atoms with Crippen LogP contribution in [0.5, 0.6) is 0 Å². The van der Waals surface area contributed by atoms with E-state index in [2.05, 4.69) is 20.2 Å². The Balaban J connectivity index is 1.65. The molecular weight excluding hydrogens is 473 g/mol. The number of hydrogen-bond acceptors (Lipinski definition) is 8. The molecule has 1 aromatic rings. The van der Waals surface area contributed by atoms with Crippen molar-refractivity contribution < 1.29 is 23.6 Å². The van der Waals surface area contributed by atoms with Crippen LogP contribution < -0.4 is 15.7 Å². The van der Waals surface area contributed by atoms with Crippen molar-refractivity contribution in [3.8, 4) is 0 Å². The van der Waals surface area contributed by atoms with Crippen molar-refractivity contribution in [2.45, 2.75) is 104 Å². The van der Waals surface area contributed by atoms with Gasteiger partial charge in [-0.05, 0) is 67.2 Å². The quantitative estimate of drug-likeness (QED) is 0.575. The first-order chi connectivity index (χ1) is 17.0. The number of likely N-dealkylation sites (N-methyl/N-ethyl adjacent to an activating group) is 1. The summed E-state index contributed by atoms with van der Waals surface area (Å²) in [7, 11) is 1.28. The van der Waals surface area contributed by atoms with Crippen molar-refractivity contribution in [2.24, 2.45) is 5.92 Å². The molecule has 2 fully saturated rings. The predicted octanol–water partition coefficient (Wildman–Crippen LogP) is 2.75. The zero-order valence-electron chi connectivity index (χ0n) is 24.1. The van der Waals surface area contributed by atoms with Crippen LogP contribution in [-0.4, -0.2) is 83.0 Å². The number of amides is 2. The molecule has 2 amide bonds. The molecule has 0 radical (unpaired) electrons. The lowest BCUT2D eigenvalue weighted by atomic mass is 9.81. The van der Waals surface area contributed by atoms with E-state index in [1.54, 1.807) is 45.1 Å². The summed E-state index contributed by atoms with van der Waals surface area (Å²) in [6.45, 7) is 18.7. The summed E-state index contributed by atoms with van der Waals surface area (Å²) >= 11 is 0. The first kappa shape index (κ1) is 29.2. The lowest BCUT2D eigenvalue weighted by Crippen LogP contribution is -2.56. The van der Waals surface area contributed by atoms with Crippen LogP contribution in [0, 0.1) is 5.92 Å². The molecule has 37 heavy (non-hydrogen) atoms. The van der Waals surface area contributed by atoms with Gasteiger partial charge < -0.3 is 29.2 Å². The SMILES string of the molecule is CC(C)[C@H](NC(=O)OC(C)(C)C)C(=O)N(C)[C@H]1CCCN(c2ncc(B3OC(C)(C)C(C)(C)O3)cn2)C1. The highest BCUT2D eigenvalue weighted by molar-refractivity contribution is 6.61. The molecule has 0 saturated carbocycles. The molecule has 2 atom stereocenters. The van der Waals surface area contributed by atoms with Gasteiger partial charge in [-0.1, -0.05) is 13.8 Å². The summed E-state index contributed by atoms with van der Waals surface area (Å²) in [4.78, 5) is 38.8. The van der Waals surface area contributed by atoms with Gasteiger partial charge in [-0.25, -0.2) is 14.8 Å². The Hall–Kier alpha value is -2.40. The number of alkyl carbamates (subject to hydrolysis) is 1. The molecule has 206 valence electrons. The number of piperidine rings is 1. The van der Waals surface area contributed by atoms with Gasteiger partial charge in [0.1, 0.15) is 11.6 Å². The summed E-state index contributed by atoms with van der Waals surface area (Å²) in [6.07, 6.45) is 4.68. The summed E-state index contributed by atoms with van der Waals surface area (Å²) < 4.78 is 17.6. The number of nitrogens with zero attached hydrogens (tertiary/aromatic N) is 4. The van der Waals surface area contributed by atoms with Crippen molar-refractivity contribution in [3.05, 3.63) is 12.4 Å². The molecular formula is C26H44BN5O5. The number of ether oxygens (including phenoxy) is 1. The Morgan fingerprint density at radius 1 is 1.16 bits per heavy atom. The fraction of sp³-hybridized carbons (Fsp3) is 0.769. The topological polar surface area (TPSA) is 106 Å². The Labute approximate surface area is 222 Å². The number of aromatic nitrogens is 2. The van der Waals surface area contributed by atoms with Gasteiger partial charge in [0.2, 0.25) is 11.9 Å². The van der Waals surface area contributed by atoms with E-state index in [0.717, 1.165) is 24.8 Å². The Kier molecular flexibility index (Phi) is 8.49. The molecule has 11 heteroatoms. The minimum Gasteiger partial charge on any atom is -0.444 e. The zero-order chi connectivity index (χ0) is 27.8. The summed E-state index contributed by atoms with van der Waals surface area (Å²) in [5, 5.41) is 2.77. The third-order valence-corrected chi connectivity index (χ3v) is 7.36. The van der Waals surface area contributed by atoms with E-state index in [1.165, 1.54) is 0 Å². The number of nitrogens with one attached hydrogen (secondary N) is 1. The van der Waals surface area contributed by atoms with E-state index in [4.69, 9.17) is 14.0 Å². The minimum absolute atomic E-state index is 0.0330. The number of anilines is 1. The van der Waals surface area contributed by atoms with Gasteiger partial charge in [-0.3, -0.25) is 4.79 Å². The van der Waals surface area contributed by atoms with Crippen LogP contribution in [0.3, 0.4) is 0 Å². The molecule has 3 heterocycles. The van der Waals surface area contributed by atoms with Crippen LogP contribution in [-0.2, 0) is 18.8 Å². The number of carbonyl (C=O) groups is 2. The summed E-state index contributed by atoms with van der Waals surface area (Å²) in [5.41, 5.74) is -0.724. The maximum atomic E-state index is 13.4. The largest absolute Gasteiger partial charge is 0.498 e. The summed E-state index contributed by atoms with van der Waals surface area (Å²) in [6, 6.07) is -0.708. The van der Waals surface area contributed by atoms with E-state index >= 15 is 0 Å². The normalized spacial score (nSPS) is 22.1. The minimum atomic E-state index is -0.675. The second-order valence-corrected chi connectivity index (χ2v) is 12.5. The van der Waals surface area contributed by atoms with Crippen LogP contribution in [0.4, 0.5) is 10.7 Å². The lowest BCUT2D eigenvalue weighted by molar-refractivity contribution is -0.135. The lowest BCUT2D eigenvalue weighted by Gasteiger charge is -2.39. The number of hydrogen-bond donors (Lipinski definition) is 1. The third kappa shape index (κ3) is 6.93. The highest BCUT2D eigenvalue weighted by Crippen LogP contribution is 2.36. The Morgan fingerprint density at radius 2 is 1.73 bits per heavy atom. The fourth-order valence-corrected chi connectivity index (χ4v) is 4.40. The van der Waals surface area contributed by atoms with Crippen LogP contribution in [0.2, 0.25) is 0 Å². The van der Waals surface area contributed by atoms with Gasteiger partial charge in [-0.15, -0.1) is 0 Å². The second-order valence-electron chi connectivity index (χ2n) is 12.5. The van der Waals surface area contributed by atoms with E-state index in [-0.39, 0.29) is 17.9 Å². The fourth-order valence-electron chi connectivity index (χ4n) is 4.40. The molecule has 0 aromatic carbocycles. The molecule has 1 aromatic heterocycles. The first-order valence-corrected chi connectivity index (χ1v) is 13.2. The average Bonchev–Trinajstić information content (AvgIpc) is 3.02. The van der Waals surface area contributed by atoms with Gasteiger partial charge in [0, 0.05) is 44.0 Å². The monoisotopic (exact) mass is 517 g/mol. The molecule has 2 aliphatic rings. The van der Waals surface area contributed by atoms with Crippen molar-refractivity contribution >= 4 is 30.5 Å². The van der Waals surface area contributed by atoms with Crippen LogP contribution in [0.25, 0.3) is 0 Å². The molecule has 0 unspecified atom stereocenters. The molecule has 3 rings (SSSR count). The van der Waals surface area contributed by atoms with Gasteiger partial charge in [0.15, 0.2) is 0 Å². The smallest absolute Gasteiger partial charge is 0.444 e. The van der Waals surface area contributed by atoms with Gasteiger partial charge in [0.25, 0.3) is 0 Å². The van der Waals surface area contributed by atoms with E-state index in [0.29, 0.717) is 12.5 Å². The third-order valence-electron chi connectivity index (χ3n) is 7.36. The number of rotatable bonds is 6. The van der Waals surface area contributed by atoms with Crippen LogP contribution >= 0.6 is 0 Å². The van der Waals surface area contributed by atoms with E-state index in [9.17, 15) is 9.59 Å². The van der Waals surface area contributed by atoms with Gasteiger partial charge >= 0.3 is 13.2 Å². The Morgan fingerprint density at radius 3 is 2.24 bits per heavy atom. The van der Waals surface area contributed by atoms with Gasteiger partial charge in [-0.2, -0.15) is 0 Å². The highest BCUT2D eigenvalue weighted by atomic mass is 16.7. The van der Waals surface area contributed by atoms with Crippen molar-refractivity contribution in [1.82, 2.24) is 20.2 Å². The molecule has 10 nitrogen and oxygen atoms in total. The predicted molar refractivity (Wildman–Crippen MR) is 144 cm³/mol. The molecule has 0 spiro atoms. The van der Waals surface area contributed by atoms with Crippen molar-refractivity contribution in [3.63, 3.8) is 0 Å². The van der Waals surface area contributed by atoms with Crippen molar-refractivity contribution in [1.29, 1.82) is 0 Å². The average molecular weight is 517 g/mol. The highest BCUT2D eigenvalue weighted by Gasteiger charge is 2.52. The standard InChI is InChI=1S/C26H44BN5O5/c1-17(2)20(30-23(34)35-24(3,4)5)21(33)31(10)19-12-11-13-32(16-19)22-28-14-18(15-29-22)27-36-25(6,7)26(8,9)37-27/h14-15,17,19-20H,11-13,16H2,1-10H3,(H,30,34)/t19-,20-/m0/s1. The molecule has 0 aliphatic carbocycles. The van der Waals surface area contributed by atoms with Crippen LogP contribution in [0.15, 0.2) is 12.4 Å². The molecule has 2 aliphatic heterocycles. The van der Waals surface area contributed by atoms with E-state index < -0.39 is 36.1 Å².